The molecule has 294 valence electrons. The number of hydrogen-bond acceptors (Lipinski definition) is 18. The van der Waals surface area contributed by atoms with Gasteiger partial charge in [0.2, 0.25) is 5.95 Å². The number of anilines is 2. The molecule has 2 fully saturated rings. The van der Waals surface area contributed by atoms with E-state index in [1.165, 1.54) is 30.3 Å². The molecule has 2 saturated heterocycles. The minimum absolute atomic E-state index is 0.0251. The number of carboxylic acids is 1. The number of nitrogens with zero attached hydrogens (tertiary/aromatic N) is 5. The fourth-order valence-electron chi connectivity index (χ4n) is 5.70. The zero-order valence-electron chi connectivity index (χ0n) is 27.8. The summed E-state index contributed by atoms with van der Waals surface area (Å²) < 4.78 is 51.1. The fourth-order valence-corrected chi connectivity index (χ4v) is 7.80. The Balaban J connectivity index is 1.41. The number of aromatic amines is 1. The van der Waals surface area contributed by atoms with Gasteiger partial charge in [0.15, 0.2) is 23.6 Å². The van der Waals surface area contributed by atoms with E-state index in [2.05, 4.69) is 36.8 Å². The van der Waals surface area contributed by atoms with Crippen LogP contribution in [0.15, 0.2) is 28.2 Å². The summed E-state index contributed by atoms with van der Waals surface area (Å²) in [7, 11) is -3.31. The van der Waals surface area contributed by atoms with Crippen molar-refractivity contribution >= 4 is 55.2 Å². The molecule has 5 rings (SSSR count). The van der Waals surface area contributed by atoms with Crippen molar-refractivity contribution in [3.05, 3.63) is 39.4 Å². The summed E-state index contributed by atoms with van der Waals surface area (Å²) in [5.41, 5.74) is 9.64. The number of carbonyl (C=O) groups is 1. The molecule has 3 aromatic rings. The topological polar surface area (TPSA) is 353 Å². The number of unbranched alkanes of at least 4 members (excludes halogenated alkanes) is 2. The second-order valence-electron chi connectivity index (χ2n) is 11.9. The molecule has 27 heteroatoms. The normalized spacial score (nSPS) is 27.3. The van der Waals surface area contributed by atoms with Gasteiger partial charge in [-0.3, -0.25) is 32.8 Å². The summed E-state index contributed by atoms with van der Waals surface area (Å²) in [6, 6.07) is 1.28. The Morgan fingerprint density at radius 3 is 2.43 bits per heavy atom. The summed E-state index contributed by atoms with van der Waals surface area (Å²) in [6.07, 6.45) is -7.95. The van der Waals surface area contributed by atoms with Gasteiger partial charge in [-0.25, -0.2) is 19.4 Å². The smallest absolute Gasteiger partial charge is 0.406 e. The molecule has 3 aromatic heterocycles. The molecule has 0 aliphatic carbocycles. The predicted molar refractivity (Wildman–Crippen MR) is 183 cm³/mol. The Bertz CT molecular complexity index is 1980. The van der Waals surface area contributed by atoms with E-state index in [-0.39, 0.29) is 35.9 Å². The number of nitrogens with one attached hydrogen (secondary N) is 2. The first-order valence-electron chi connectivity index (χ1n) is 15.9. The lowest BCUT2D eigenvalue weighted by atomic mass is 10.1. The number of aliphatic carboxylic acids is 1. The van der Waals surface area contributed by atoms with Crippen molar-refractivity contribution in [2.45, 2.75) is 74.8 Å². The molecule has 1 unspecified atom stereocenters. The van der Waals surface area contributed by atoms with Crippen molar-refractivity contribution < 1.29 is 62.2 Å². The molecule has 0 amide bonds. The summed E-state index contributed by atoms with van der Waals surface area (Å²) in [5.74, 6) is -1.31. The van der Waals surface area contributed by atoms with Gasteiger partial charge in [0.25, 0.3) is 5.56 Å². The van der Waals surface area contributed by atoms with E-state index in [0.717, 1.165) is 4.57 Å². The minimum Gasteiger partial charge on any atom is -0.481 e. The molecular weight excluding hydrogens is 772 g/mol. The second kappa shape index (κ2) is 17.0. The van der Waals surface area contributed by atoms with Gasteiger partial charge in [-0.1, -0.05) is 6.42 Å². The maximum absolute atomic E-state index is 14.5. The number of carboxylic acid groups (broad SMARTS) is 1. The molecule has 53 heavy (non-hydrogen) atoms. The van der Waals surface area contributed by atoms with Gasteiger partial charge in [0.1, 0.15) is 42.4 Å². The Morgan fingerprint density at radius 1 is 1.04 bits per heavy atom. The molecule has 0 aromatic carbocycles. The van der Waals surface area contributed by atoms with Crippen LogP contribution in [0, 0.1) is 0 Å². The first-order valence-corrected chi connectivity index (χ1v) is 20.0. The van der Waals surface area contributed by atoms with Gasteiger partial charge in [0, 0.05) is 26.3 Å². The van der Waals surface area contributed by atoms with Crippen LogP contribution in [0.5, 0.6) is 0 Å². The number of fused-ring (bicyclic) bond motifs is 1. The van der Waals surface area contributed by atoms with Crippen molar-refractivity contribution in [2.75, 3.05) is 38.3 Å². The number of aliphatic hydroxyl groups is 2. The van der Waals surface area contributed by atoms with E-state index in [0.29, 0.717) is 19.3 Å². The number of ether oxygens (including phenoxy) is 3. The number of imidazole rings is 1. The molecule has 2 aliphatic rings. The van der Waals surface area contributed by atoms with Gasteiger partial charge in [-0.15, -0.1) is 0 Å². The third kappa shape index (κ3) is 9.89. The van der Waals surface area contributed by atoms with Crippen LogP contribution in [0.2, 0.25) is 0 Å². The third-order valence-corrected chi connectivity index (χ3v) is 10.6. The summed E-state index contributed by atoms with van der Waals surface area (Å²) in [6.45, 7) is -5.62. The molecule has 24 nitrogen and oxygen atoms in total. The molecule has 0 bridgehead atoms. The molecule has 9 atom stereocenters. The standard InChI is InChI=1S/C26H39N9O15P2S/c1-45-20-19(13(10-47-52(43,44)53)49-24(20)35-11-29-16-21(35)32-25(28)33-22(16)40)50-51(42,30-7-4-2-3-5-15(36)37)46-9-12-17(38)18(39)23(48-12)34-8-6-14(27)31-26(34)41/h6,8,11-13,17-20,23-24,38-39H,2-5,7,9-10H2,1H3,(H,30,42)(H,36,37)(H2,27,31,41)(H2,43,44,53)(H3,28,32,33,40)/t12-,13-,17-,18-,19-,20-,23-,24-,51?/m1/s1. The van der Waals surface area contributed by atoms with E-state index in [4.69, 9.17) is 44.4 Å². The highest BCUT2D eigenvalue weighted by Gasteiger charge is 2.52. The number of nitrogen functional groups attached to an aromatic ring is 2. The molecule has 11 N–H and O–H groups in total. The van der Waals surface area contributed by atoms with E-state index in [1.807, 2.05) is 0 Å². The summed E-state index contributed by atoms with van der Waals surface area (Å²) in [5, 5.41) is 33.1. The Labute approximate surface area is 303 Å². The van der Waals surface area contributed by atoms with Crippen LogP contribution in [0.1, 0.15) is 38.1 Å². The Morgan fingerprint density at radius 2 is 1.75 bits per heavy atom. The summed E-state index contributed by atoms with van der Waals surface area (Å²) >= 11 is 4.59. The maximum Gasteiger partial charge on any atom is 0.406 e. The largest absolute Gasteiger partial charge is 0.481 e. The van der Waals surface area contributed by atoms with Crippen LogP contribution in [0.25, 0.3) is 11.2 Å². The highest BCUT2D eigenvalue weighted by Crippen LogP contribution is 2.51. The molecule has 2 aliphatic heterocycles. The van der Waals surface area contributed by atoms with Gasteiger partial charge in [-0.05, 0) is 30.7 Å². The molecule has 5 heterocycles. The highest BCUT2D eigenvalue weighted by atomic mass is 32.5. The van der Waals surface area contributed by atoms with Gasteiger partial charge >= 0.3 is 26.1 Å². The van der Waals surface area contributed by atoms with Crippen LogP contribution in [-0.4, -0.2) is 124 Å². The molecular formula is C26H39N9O15P2S. The zero-order chi connectivity index (χ0) is 38.7. The number of rotatable bonds is 18. The van der Waals surface area contributed by atoms with Crippen molar-refractivity contribution in [3.63, 3.8) is 0 Å². The van der Waals surface area contributed by atoms with Crippen molar-refractivity contribution in [2.24, 2.45) is 0 Å². The molecule has 0 saturated carbocycles. The van der Waals surface area contributed by atoms with E-state index in [1.54, 1.807) is 0 Å². The van der Waals surface area contributed by atoms with Crippen LogP contribution in [0.3, 0.4) is 0 Å². The predicted octanol–water partition coefficient (Wildman–Crippen LogP) is -1.96. The van der Waals surface area contributed by atoms with Gasteiger partial charge in [0.05, 0.1) is 19.5 Å². The number of nitrogens with two attached hydrogens (primary N) is 2. The first kappa shape index (κ1) is 40.9. The average Bonchev–Trinajstić information content (AvgIpc) is 3.73. The van der Waals surface area contributed by atoms with Gasteiger partial charge in [-0.2, -0.15) is 9.97 Å². The average molecular weight is 812 g/mol. The van der Waals surface area contributed by atoms with Crippen LogP contribution in [0.4, 0.5) is 11.8 Å². The Hall–Kier alpha value is -3.26. The first-order chi connectivity index (χ1) is 25.0. The van der Waals surface area contributed by atoms with Crippen molar-refractivity contribution in [3.8, 4) is 0 Å². The van der Waals surface area contributed by atoms with E-state index < -0.39 is 94.0 Å². The minimum atomic E-state index is -4.57. The second-order valence-corrected chi connectivity index (χ2v) is 16.3. The van der Waals surface area contributed by atoms with E-state index >= 15 is 0 Å². The monoisotopic (exact) mass is 811 g/mol. The summed E-state index contributed by atoms with van der Waals surface area (Å²) in [4.78, 5) is 69.5. The lowest BCUT2D eigenvalue weighted by Crippen LogP contribution is -2.39. The van der Waals surface area contributed by atoms with Crippen LogP contribution >= 0.6 is 14.5 Å². The Kier molecular flexibility index (Phi) is 13.2. The molecule has 0 radical (unpaired) electrons. The third-order valence-electron chi connectivity index (χ3n) is 8.19. The fraction of sp³-hybridized carbons (Fsp3) is 0.615. The van der Waals surface area contributed by atoms with Crippen LogP contribution in [-0.2, 0) is 48.9 Å². The van der Waals surface area contributed by atoms with Gasteiger partial charge < -0.3 is 55.3 Å². The quantitative estimate of drug-likeness (QED) is 0.0497. The number of H-pyrrole nitrogens is 1. The van der Waals surface area contributed by atoms with Crippen molar-refractivity contribution in [1.29, 1.82) is 0 Å². The maximum atomic E-state index is 14.5. The SMILES string of the molecule is CO[C@@H]1[C@H](OP(=O)(NCCCCCC(=O)O)OC[C@H]2O[C@@H](n3ccc(N)nc3=O)[C@H](O)[C@@H]2O)[C@@H](COP(O)(O)=S)O[C@H]1n1cnc2c(=O)[nH]c(N)nc21. The number of aliphatic hydroxyl groups excluding tert-OH is 2. The van der Waals surface area contributed by atoms with E-state index in [9.17, 15) is 38.9 Å². The number of aromatic nitrogens is 6. The number of methoxy groups -OCH3 is 1. The van der Waals surface area contributed by atoms with Crippen molar-refractivity contribution in [1.82, 2.24) is 34.2 Å². The zero-order valence-corrected chi connectivity index (χ0v) is 30.4. The highest BCUT2D eigenvalue weighted by molar-refractivity contribution is 8.06. The van der Waals surface area contributed by atoms with Crippen LogP contribution < -0.4 is 27.8 Å². The number of hydrogen-bond donors (Lipinski definition) is 9. The molecule has 0 spiro atoms. The lowest BCUT2D eigenvalue weighted by molar-refractivity contribution is -0.137. The lowest BCUT2D eigenvalue weighted by Gasteiger charge is -2.29.